The lowest BCUT2D eigenvalue weighted by Crippen LogP contribution is -2.46. The third-order valence-corrected chi connectivity index (χ3v) is 2.95. The maximum atomic E-state index is 11.8. The molecule has 1 aliphatic rings. The second-order valence-electron chi connectivity index (χ2n) is 4.37. The first-order valence-corrected chi connectivity index (χ1v) is 6.63. The molecule has 0 atom stereocenters. The fourth-order valence-corrected chi connectivity index (χ4v) is 1.98. The highest BCUT2D eigenvalue weighted by Crippen LogP contribution is 2.14. The first kappa shape index (κ1) is 13.7. The number of hydrogen-bond donors (Lipinski definition) is 1. The van der Waals surface area contributed by atoms with E-state index in [0.29, 0.717) is 19.7 Å². The SMILES string of the molecule is CCOc1cccc(COC(=O)N2CCNCC2)c1. The van der Waals surface area contributed by atoms with Crippen molar-refractivity contribution in [3.05, 3.63) is 29.8 Å². The van der Waals surface area contributed by atoms with Crippen molar-refractivity contribution in [3.8, 4) is 5.75 Å². The number of carbonyl (C=O) groups is 1. The van der Waals surface area contributed by atoms with Gasteiger partial charge in [-0.2, -0.15) is 0 Å². The van der Waals surface area contributed by atoms with Gasteiger partial charge in [-0.3, -0.25) is 0 Å². The molecule has 0 aromatic heterocycles. The van der Waals surface area contributed by atoms with Crippen LogP contribution in [0.2, 0.25) is 0 Å². The molecule has 0 bridgehead atoms. The number of nitrogens with one attached hydrogen (secondary N) is 1. The van der Waals surface area contributed by atoms with Gasteiger partial charge >= 0.3 is 6.09 Å². The summed E-state index contributed by atoms with van der Waals surface area (Å²) in [5.41, 5.74) is 0.939. The summed E-state index contributed by atoms with van der Waals surface area (Å²) in [6, 6.07) is 7.62. The summed E-state index contributed by atoms with van der Waals surface area (Å²) in [4.78, 5) is 13.6. The summed E-state index contributed by atoms with van der Waals surface area (Å²) in [5.74, 6) is 0.804. The van der Waals surface area contributed by atoms with Crippen LogP contribution in [-0.2, 0) is 11.3 Å². The first-order chi connectivity index (χ1) is 9.29. The lowest BCUT2D eigenvalue weighted by Gasteiger charge is -2.26. The smallest absolute Gasteiger partial charge is 0.410 e. The van der Waals surface area contributed by atoms with E-state index in [2.05, 4.69) is 5.32 Å². The van der Waals surface area contributed by atoms with Crippen LogP contribution in [0.3, 0.4) is 0 Å². The van der Waals surface area contributed by atoms with Crippen LogP contribution in [-0.4, -0.2) is 43.8 Å². The minimum atomic E-state index is -0.247. The number of benzene rings is 1. The molecule has 0 aliphatic carbocycles. The molecule has 0 saturated carbocycles. The zero-order valence-corrected chi connectivity index (χ0v) is 11.2. The molecule has 104 valence electrons. The molecule has 2 rings (SSSR count). The van der Waals surface area contributed by atoms with Crippen molar-refractivity contribution in [2.24, 2.45) is 0 Å². The van der Waals surface area contributed by atoms with Gasteiger partial charge < -0.3 is 19.7 Å². The summed E-state index contributed by atoms with van der Waals surface area (Å²) in [7, 11) is 0. The standard InChI is InChI=1S/C14H20N2O3/c1-2-18-13-5-3-4-12(10-13)11-19-14(17)16-8-6-15-7-9-16/h3-5,10,15H,2,6-9,11H2,1H3. The molecule has 1 saturated heterocycles. The van der Waals surface area contributed by atoms with E-state index in [1.165, 1.54) is 0 Å². The lowest BCUT2D eigenvalue weighted by atomic mass is 10.2. The molecule has 19 heavy (non-hydrogen) atoms. The minimum absolute atomic E-state index is 0.247. The first-order valence-electron chi connectivity index (χ1n) is 6.63. The monoisotopic (exact) mass is 264 g/mol. The molecule has 0 unspecified atom stereocenters. The van der Waals surface area contributed by atoms with Crippen LogP contribution < -0.4 is 10.1 Å². The predicted molar refractivity (Wildman–Crippen MR) is 72.2 cm³/mol. The highest BCUT2D eigenvalue weighted by Gasteiger charge is 2.17. The highest BCUT2D eigenvalue weighted by molar-refractivity contribution is 5.67. The molecule has 1 N–H and O–H groups in total. The van der Waals surface area contributed by atoms with Crippen LogP contribution in [0, 0.1) is 0 Å². The zero-order valence-electron chi connectivity index (χ0n) is 11.2. The Morgan fingerprint density at radius 2 is 2.16 bits per heavy atom. The third kappa shape index (κ3) is 4.13. The van der Waals surface area contributed by atoms with E-state index in [9.17, 15) is 4.79 Å². The van der Waals surface area contributed by atoms with E-state index in [1.54, 1.807) is 4.90 Å². The molecule has 5 nitrogen and oxygen atoms in total. The Kier molecular flexibility index (Phi) is 5.03. The summed E-state index contributed by atoms with van der Waals surface area (Å²) in [5, 5.41) is 3.20. The maximum absolute atomic E-state index is 11.8. The predicted octanol–water partition coefficient (Wildman–Crippen LogP) is 1.63. The van der Waals surface area contributed by atoms with Crippen LogP contribution in [0.4, 0.5) is 4.79 Å². The third-order valence-electron chi connectivity index (χ3n) is 2.95. The van der Waals surface area contributed by atoms with Crippen LogP contribution in [0.15, 0.2) is 24.3 Å². The Hall–Kier alpha value is -1.75. The van der Waals surface area contributed by atoms with Gasteiger partial charge in [-0.05, 0) is 24.6 Å². The van der Waals surface area contributed by atoms with Gasteiger partial charge in [-0.15, -0.1) is 0 Å². The molecule has 1 heterocycles. The number of piperazine rings is 1. The van der Waals surface area contributed by atoms with Crippen LogP contribution in [0.1, 0.15) is 12.5 Å². The fraction of sp³-hybridized carbons (Fsp3) is 0.500. The number of carbonyl (C=O) groups excluding carboxylic acids is 1. The number of ether oxygens (including phenoxy) is 2. The van der Waals surface area contributed by atoms with E-state index in [4.69, 9.17) is 9.47 Å². The Bertz CT molecular complexity index is 417. The Labute approximate surface area is 113 Å². The second-order valence-corrected chi connectivity index (χ2v) is 4.37. The second kappa shape index (κ2) is 6.99. The van der Waals surface area contributed by atoms with Crippen molar-refractivity contribution in [1.82, 2.24) is 10.2 Å². The van der Waals surface area contributed by atoms with Gasteiger partial charge in [0.2, 0.25) is 0 Å². The lowest BCUT2D eigenvalue weighted by molar-refractivity contribution is 0.0917. The number of nitrogens with zero attached hydrogens (tertiary/aromatic N) is 1. The molecule has 5 heteroatoms. The van der Waals surface area contributed by atoms with E-state index < -0.39 is 0 Å². The molecule has 1 aromatic rings. The average Bonchev–Trinajstić information content (AvgIpc) is 2.46. The molecule has 1 aliphatic heterocycles. The van der Waals surface area contributed by atoms with Crippen LogP contribution in [0.5, 0.6) is 5.75 Å². The fourth-order valence-electron chi connectivity index (χ4n) is 1.98. The summed E-state index contributed by atoms with van der Waals surface area (Å²) >= 11 is 0. The Morgan fingerprint density at radius 1 is 1.37 bits per heavy atom. The summed E-state index contributed by atoms with van der Waals surface area (Å²) < 4.78 is 10.7. The normalized spacial score (nSPS) is 15.1. The molecule has 0 spiro atoms. The molecular weight excluding hydrogens is 244 g/mol. The molecule has 0 radical (unpaired) electrons. The van der Waals surface area contributed by atoms with E-state index in [1.807, 2.05) is 31.2 Å². The van der Waals surface area contributed by atoms with Crippen LogP contribution in [0.25, 0.3) is 0 Å². The molecular formula is C14H20N2O3. The Balaban J connectivity index is 1.83. The van der Waals surface area contributed by atoms with Gasteiger partial charge in [-0.25, -0.2) is 4.79 Å². The summed E-state index contributed by atoms with van der Waals surface area (Å²) in [6.45, 7) is 5.92. The van der Waals surface area contributed by atoms with Gasteiger partial charge in [0.15, 0.2) is 0 Å². The van der Waals surface area contributed by atoms with E-state index in [-0.39, 0.29) is 12.7 Å². The molecule has 1 aromatic carbocycles. The largest absolute Gasteiger partial charge is 0.494 e. The van der Waals surface area contributed by atoms with Crippen molar-refractivity contribution in [2.75, 3.05) is 32.8 Å². The Morgan fingerprint density at radius 3 is 2.89 bits per heavy atom. The number of hydrogen-bond acceptors (Lipinski definition) is 4. The van der Waals surface area contributed by atoms with Crippen molar-refractivity contribution in [1.29, 1.82) is 0 Å². The van der Waals surface area contributed by atoms with Gasteiger partial charge in [0.05, 0.1) is 6.61 Å². The van der Waals surface area contributed by atoms with E-state index >= 15 is 0 Å². The minimum Gasteiger partial charge on any atom is -0.494 e. The summed E-state index contributed by atoms with van der Waals surface area (Å²) in [6.07, 6.45) is -0.247. The van der Waals surface area contributed by atoms with E-state index in [0.717, 1.165) is 24.4 Å². The van der Waals surface area contributed by atoms with Crippen molar-refractivity contribution >= 4 is 6.09 Å². The molecule has 1 fully saturated rings. The van der Waals surface area contributed by atoms with Crippen molar-refractivity contribution < 1.29 is 14.3 Å². The van der Waals surface area contributed by atoms with Crippen LogP contribution >= 0.6 is 0 Å². The van der Waals surface area contributed by atoms with Crippen molar-refractivity contribution in [3.63, 3.8) is 0 Å². The maximum Gasteiger partial charge on any atom is 0.410 e. The van der Waals surface area contributed by atoms with Gasteiger partial charge in [0.1, 0.15) is 12.4 Å². The topological polar surface area (TPSA) is 50.8 Å². The van der Waals surface area contributed by atoms with Gasteiger partial charge in [0, 0.05) is 26.2 Å². The van der Waals surface area contributed by atoms with Crippen molar-refractivity contribution in [2.45, 2.75) is 13.5 Å². The number of rotatable bonds is 4. The van der Waals surface area contributed by atoms with Gasteiger partial charge in [0.25, 0.3) is 0 Å². The average molecular weight is 264 g/mol. The number of amides is 1. The van der Waals surface area contributed by atoms with Gasteiger partial charge in [-0.1, -0.05) is 12.1 Å². The zero-order chi connectivity index (χ0) is 13.5. The highest BCUT2D eigenvalue weighted by atomic mass is 16.6. The quantitative estimate of drug-likeness (QED) is 0.898. The molecule has 1 amide bonds.